The first-order valence-electron chi connectivity index (χ1n) is 9.90. The van der Waals surface area contributed by atoms with Crippen molar-refractivity contribution in [1.82, 2.24) is 5.43 Å². The van der Waals surface area contributed by atoms with E-state index in [4.69, 9.17) is 9.47 Å². The molecule has 1 aliphatic heterocycles. The molecule has 7 nitrogen and oxygen atoms in total. The molecule has 3 N–H and O–H groups in total. The number of hydrazone groups is 1. The summed E-state index contributed by atoms with van der Waals surface area (Å²) in [4.78, 5) is 13.8. The van der Waals surface area contributed by atoms with E-state index in [1.807, 2.05) is 25.1 Å². The average Bonchev–Trinajstić information content (AvgIpc) is 2.76. The zero-order valence-corrected chi connectivity index (χ0v) is 17.1. The van der Waals surface area contributed by atoms with Crippen LogP contribution in [-0.2, 0) is 11.3 Å². The molecule has 0 spiro atoms. The quantitative estimate of drug-likeness (QED) is 0.487. The Kier molecular flexibility index (Phi) is 6.72. The summed E-state index contributed by atoms with van der Waals surface area (Å²) >= 11 is 0. The van der Waals surface area contributed by atoms with Crippen molar-refractivity contribution in [2.24, 2.45) is 5.10 Å². The van der Waals surface area contributed by atoms with Crippen LogP contribution in [0, 0.1) is 0 Å². The van der Waals surface area contributed by atoms with Crippen molar-refractivity contribution in [1.29, 1.82) is 0 Å². The second-order valence-corrected chi connectivity index (χ2v) is 7.01. The Morgan fingerprint density at radius 3 is 2.66 bits per heavy atom. The summed E-state index contributed by atoms with van der Waals surface area (Å²) in [7, 11) is 0. The number of phenolic OH excluding ortho intramolecular Hbond substituents is 1. The van der Waals surface area contributed by atoms with E-state index >= 15 is 0 Å². The van der Waals surface area contributed by atoms with E-state index < -0.39 is 6.10 Å². The molecule has 0 aromatic heterocycles. The maximum Gasteiger partial charge on any atom is 0.284 e. The Labute approximate surface area is 170 Å². The Bertz CT molecular complexity index is 893. The summed E-state index contributed by atoms with van der Waals surface area (Å²) in [5.74, 6) is 1.08. The zero-order valence-electron chi connectivity index (χ0n) is 17.1. The van der Waals surface area contributed by atoms with Gasteiger partial charge in [0, 0.05) is 5.56 Å². The molecule has 0 bridgehead atoms. The van der Waals surface area contributed by atoms with Gasteiger partial charge in [0.1, 0.15) is 18.9 Å². The van der Waals surface area contributed by atoms with Crippen molar-refractivity contribution in [2.75, 3.05) is 19.7 Å². The van der Waals surface area contributed by atoms with Crippen molar-refractivity contribution in [2.45, 2.75) is 33.4 Å². The summed E-state index contributed by atoms with van der Waals surface area (Å²) in [5.41, 5.74) is 4.91. The fourth-order valence-corrected chi connectivity index (χ4v) is 3.15. The van der Waals surface area contributed by atoms with Gasteiger partial charge in [0.25, 0.3) is 5.91 Å². The highest BCUT2D eigenvalue weighted by Gasteiger charge is 2.27. The number of phenols is 1. The predicted octanol–water partition coefficient (Wildman–Crippen LogP) is 1.50. The van der Waals surface area contributed by atoms with Crippen LogP contribution in [0.15, 0.2) is 47.6 Å². The van der Waals surface area contributed by atoms with Crippen LogP contribution in [0.1, 0.15) is 31.9 Å². The average molecular weight is 398 g/mol. The van der Waals surface area contributed by atoms with Gasteiger partial charge in [-0.1, -0.05) is 12.1 Å². The fourth-order valence-electron chi connectivity index (χ4n) is 3.15. The van der Waals surface area contributed by atoms with Crippen LogP contribution in [0.5, 0.6) is 17.2 Å². The topological polar surface area (TPSA) is 84.6 Å². The summed E-state index contributed by atoms with van der Waals surface area (Å²) in [6.07, 6.45) is -0.761. The maximum absolute atomic E-state index is 12.4. The highest BCUT2D eigenvalue weighted by Crippen LogP contribution is 2.30. The first-order chi connectivity index (χ1) is 14.0. The van der Waals surface area contributed by atoms with Gasteiger partial charge >= 0.3 is 0 Å². The second kappa shape index (κ2) is 9.43. The fraction of sp³-hybridized carbons (Fsp3) is 0.364. The van der Waals surface area contributed by atoms with E-state index in [2.05, 4.69) is 24.4 Å². The molecule has 0 fully saturated rings. The molecule has 3 rings (SSSR count). The first-order valence-corrected chi connectivity index (χ1v) is 9.90. The number of hydrogen-bond donors (Lipinski definition) is 3. The Morgan fingerprint density at radius 2 is 1.93 bits per heavy atom. The van der Waals surface area contributed by atoms with Crippen LogP contribution in [0.2, 0.25) is 0 Å². The highest BCUT2D eigenvalue weighted by molar-refractivity contribution is 5.99. The third-order valence-corrected chi connectivity index (χ3v) is 5.07. The van der Waals surface area contributed by atoms with Gasteiger partial charge < -0.3 is 19.5 Å². The normalized spacial score (nSPS) is 16.0. The molecule has 2 aromatic carbocycles. The minimum Gasteiger partial charge on any atom is -0.507 e. The second-order valence-electron chi connectivity index (χ2n) is 7.01. The third-order valence-electron chi connectivity index (χ3n) is 5.07. The van der Waals surface area contributed by atoms with Crippen LogP contribution in [0.3, 0.4) is 0 Å². The zero-order chi connectivity index (χ0) is 20.8. The number of nitrogens with one attached hydrogen (secondary N) is 2. The third kappa shape index (κ3) is 5.06. The van der Waals surface area contributed by atoms with E-state index in [0.29, 0.717) is 17.2 Å². The molecule has 29 heavy (non-hydrogen) atoms. The van der Waals surface area contributed by atoms with Crippen molar-refractivity contribution in [3.05, 3.63) is 53.6 Å². The molecule has 0 unspecified atom stereocenters. The van der Waals surface area contributed by atoms with Crippen LogP contribution < -0.4 is 19.8 Å². The molecule has 154 valence electrons. The van der Waals surface area contributed by atoms with Crippen LogP contribution in [0.25, 0.3) is 0 Å². The molecule has 0 aliphatic carbocycles. The molecular formula is C22H28N3O4+. The molecule has 0 radical (unpaired) electrons. The molecule has 1 atom stereocenters. The number of ether oxygens (including phenoxy) is 2. The molecule has 0 saturated heterocycles. The molecule has 7 heteroatoms. The summed E-state index contributed by atoms with van der Waals surface area (Å²) in [6, 6.07) is 12.6. The van der Waals surface area contributed by atoms with Gasteiger partial charge in [0.05, 0.1) is 18.8 Å². The summed E-state index contributed by atoms with van der Waals surface area (Å²) < 4.78 is 11.3. The Morgan fingerprint density at radius 1 is 1.21 bits per heavy atom. The number of carbonyl (C=O) groups excluding carboxylic acids is 1. The number of para-hydroxylation sites is 2. The molecular weight excluding hydrogens is 370 g/mol. The molecule has 1 aliphatic rings. The van der Waals surface area contributed by atoms with Crippen LogP contribution in [-0.4, -0.2) is 42.5 Å². The Hall–Kier alpha value is -3.06. The number of fused-ring (bicyclic) bond motifs is 1. The first kappa shape index (κ1) is 20.7. The number of carbonyl (C=O) groups is 1. The molecule has 1 amide bonds. The van der Waals surface area contributed by atoms with Gasteiger partial charge in [-0.15, -0.1) is 0 Å². The lowest BCUT2D eigenvalue weighted by Gasteiger charge is -2.24. The van der Waals surface area contributed by atoms with E-state index in [-0.39, 0.29) is 18.3 Å². The van der Waals surface area contributed by atoms with Crippen molar-refractivity contribution >= 4 is 11.6 Å². The lowest BCUT2D eigenvalue weighted by molar-refractivity contribution is -0.910. The van der Waals surface area contributed by atoms with E-state index in [1.165, 1.54) is 4.90 Å². The highest BCUT2D eigenvalue weighted by atomic mass is 16.6. The lowest BCUT2D eigenvalue weighted by Crippen LogP contribution is -3.10. The van der Waals surface area contributed by atoms with Gasteiger partial charge in [-0.05, 0) is 56.7 Å². The summed E-state index contributed by atoms with van der Waals surface area (Å²) in [5, 5.41) is 14.4. The van der Waals surface area contributed by atoms with Crippen molar-refractivity contribution in [3.63, 3.8) is 0 Å². The number of hydrogen-bond acceptors (Lipinski definition) is 5. The Balaban J connectivity index is 1.66. The van der Waals surface area contributed by atoms with Gasteiger partial charge in [0.15, 0.2) is 11.5 Å². The lowest BCUT2D eigenvalue weighted by atomic mass is 10.1. The van der Waals surface area contributed by atoms with Crippen LogP contribution >= 0.6 is 0 Å². The molecule has 1 heterocycles. The van der Waals surface area contributed by atoms with Crippen molar-refractivity contribution in [3.8, 4) is 17.2 Å². The van der Waals surface area contributed by atoms with E-state index in [9.17, 15) is 9.90 Å². The standard InChI is InChI=1S/C22H27N3O4/c1-4-25(5-2)13-17-12-16(10-11-18(17)26)15(3)23-24-22(27)21-14-28-19-8-6-7-9-20(19)29-21/h6-12,21,26H,4-5,13-14H2,1-3H3,(H,24,27)/p+1/b23-15+/t21-/m1/s1. The van der Waals surface area contributed by atoms with Gasteiger partial charge in [-0.25, -0.2) is 5.43 Å². The minimum atomic E-state index is -0.761. The number of aromatic hydroxyl groups is 1. The number of rotatable bonds is 7. The largest absolute Gasteiger partial charge is 0.507 e. The van der Waals surface area contributed by atoms with Gasteiger partial charge in [-0.2, -0.15) is 5.10 Å². The van der Waals surface area contributed by atoms with Gasteiger partial charge in [0.2, 0.25) is 6.10 Å². The van der Waals surface area contributed by atoms with E-state index in [1.54, 1.807) is 24.3 Å². The summed E-state index contributed by atoms with van der Waals surface area (Å²) in [6.45, 7) is 8.89. The van der Waals surface area contributed by atoms with Crippen molar-refractivity contribution < 1.29 is 24.3 Å². The van der Waals surface area contributed by atoms with Gasteiger partial charge in [-0.3, -0.25) is 4.79 Å². The van der Waals surface area contributed by atoms with E-state index in [0.717, 1.165) is 30.8 Å². The minimum absolute atomic E-state index is 0.132. The molecule has 2 aromatic rings. The molecule has 0 saturated carbocycles. The number of amides is 1. The predicted molar refractivity (Wildman–Crippen MR) is 111 cm³/mol. The maximum atomic E-state index is 12.4. The number of nitrogens with zero attached hydrogens (tertiary/aromatic N) is 1. The van der Waals surface area contributed by atoms with Crippen LogP contribution in [0.4, 0.5) is 0 Å². The number of quaternary nitrogens is 1. The SMILES string of the molecule is CC[NH+](CC)Cc1cc(/C(C)=N/NC(=O)[C@H]2COc3ccccc3O2)ccc1O. The monoisotopic (exact) mass is 398 g/mol. The smallest absolute Gasteiger partial charge is 0.284 e. The number of benzene rings is 2.